The minimum absolute atomic E-state index is 0. The number of amides is 1. The van der Waals surface area contributed by atoms with Gasteiger partial charge in [-0.25, -0.2) is 4.98 Å². The minimum atomic E-state index is -0.138. The van der Waals surface area contributed by atoms with Crippen LogP contribution >= 0.6 is 12.4 Å². The lowest BCUT2D eigenvalue weighted by atomic mass is 10.1. The number of rotatable bonds is 3. The summed E-state index contributed by atoms with van der Waals surface area (Å²) in [4.78, 5) is 19.2. The molecular formula is C18H20ClN5O2. The molecule has 3 heterocycles. The Hall–Kier alpha value is -2.64. The molecule has 8 heteroatoms. The number of nitrogens with one attached hydrogen (secondary N) is 1. The van der Waals surface area contributed by atoms with Gasteiger partial charge in [0, 0.05) is 50.7 Å². The summed E-state index contributed by atoms with van der Waals surface area (Å²) in [6, 6.07) is 11.2. The molecule has 1 saturated heterocycles. The second-order valence-corrected chi connectivity index (χ2v) is 6.06. The van der Waals surface area contributed by atoms with Crippen LogP contribution in [0.2, 0.25) is 0 Å². The summed E-state index contributed by atoms with van der Waals surface area (Å²) < 4.78 is 7.32. The van der Waals surface area contributed by atoms with Crippen LogP contribution < -0.4 is 5.32 Å². The molecule has 136 valence electrons. The predicted octanol–water partition coefficient (Wildman–Crippen LogP) is 2.28. The van der Waals surface area contributed by atoms with E-state index in [2.05, 4.69) is 15.5 Å². The molecule has 7 nitrogen and oxygen atoms in total. The molecule has 4 rings (SSSR count). The highest BCUT2D eigenvalue weighted by Gasteiger charge is 2.32. The minimum Gasteiger partial charge on any atom is -0.355 e. The van der Waals surface area contributed by atoms with Crippen molar-refractivity contribution in [1.29, 1.82) is 0 Å². The van der Waals surface area contributed by atoms with Crippen molar-refractivity contribution in [2.24, 2.45) is 7.05 Å². The first kappa shape index (κ1) is 18.2. The molecule has 1 atom stereocenters. The molecule has 0 radical (unpaired) electrons. The van der Waals surface area contributed by atoms with Crippen LogP contribution in [0.5, 0.6) is 0 Å². The van der Waals surface area contributed by atoms with Gasteiger partial charge in [0.2, 0.25) is 0 Å². The van der Waals surface area contributed by atoms with E-state index in [9.17, 15) is 4.79 Å². The smallest absolute Gasteiger partial charge is 0.276 e. The van der Waals surface area contributed by atoms with Crippen molar-refractivity contribution < 1.29 is 9.32 Å². The second kappa shape index (κ2) is 7.72. The molecule has 1 unspecified atom stereocenters. The Morgan fingerprint density at radius 1 is 1.31 bits per heavy atom. The summed E-state index contributed by atoms with van der Waals surface area (Å²) in [5, 5.41) is 7.32. The van der Waals surface area contributed by atoms with Crippen LogP contribution in [-0.4, -0.2) is 45.1 Å². The van der Waals surface area contributed by atoms with Crippen molar-refractivity contribution in [3.05, 3.63) is 60.3 Å². The van der Waals surface area contributed by atoms with Crippen LogP contribution in [-0.2, 0) is 7.05 Å². The maximum Gasteiger partial charge on any atom is 0.276 e. The van der Waals surface area contributed by atoms with E-state index in [1.54, 1.807) is 12.3 Å². The molecule has 0 bridgehead atoms. The summed E-state index contributed by atoms with van der Waals surface area (Å²) in [6.45, 7) is 2.01. The van der Waals surface area contributed by atoms with Gasteiger partial charge in [0.25, 0.3) is 5.91 Å². The average Bonchev–Trinajstić information content (AvgIpc) is 3.31. The molecule has 26 heavy (non-hydrogen) atoms. The molecule has 1 amide bonds. The number of hydrogen-bond donors (Lipinski definition) is 1. The number of benzene rings is 1. The van der Waals surface area contributed by atoms with Gasteiger partial charge in [-0.1, -0.05) is 35.5 Å². The fourth-order valence-corrected chi connectivity index (χ4v) is 3.14. The topological polar surface area (TPSA) is 76.2 Å². The number of hydrogen-bond acceptors (Lipinski definition) is 5. The zero-order chi connectivity index (χ0) is 17.2. The number of nitrogens with zero attached hydrogens (tertiary/aromatic N) is 4. The lowest BCUT2D eigenvalue weighted by Gasteiger charge is -2.35. The van der Waals surface area contributed by atoms with Crippen molar-refractivity contribution in [3.63, 3.8) is 0 Å². The quantitative estimate of drug-likeness (QED) is 0.762. The van der Waals surface area contributed by atoms with Crippen LogP contribution in [0.4, 0.5) is 0 Å². The number of piperazine rings is 1. The van der Waals surface area contributed by atoms with Gasteiger partial charge in [-0.3, -0.25) is 4.79 Å². The van der Waals surface area contributed by atoms with E-state index in [-0.39, 0.29) is 24.4 Å². The highest BCUT2D eigenvalue weighted by atomic mass is 35.5. The molecule has 1 fully saturated rings. The van der Waals surface area contributed by atoms with E-state index in [1.165, 1.54) is 0 Å². The van der Waals surface area contributed by atoms with Gasteiger partial charge in [-0.2, -0.15) is 0 Å². The highest BCUT2D eigenvalue weighted by Crippen LogP contribution is 2.25. The van der Waals surface area contributed by atoms with E-state index < -0.39 is 0 Å². The van der Waals surface area contributed by atoms with Crippen LogP contribution in [0.15, 0.2) is 53.3 Å². The number of aryl methyl sites for hydroxylation is 1. The maximum atomic E-state index is 13.0. The van der Waals surface area contributed by atoms with Gasteiger partial charge in [-0.15, -0.1) is 12.4 Å². The zero-order valence-corrected chi connectivity index (χ0v) is 15.1. The molecular weight excluding hydrogens is 354 g/mol. The van der Waals surface area contributed by atoms with Crippen LogP contribution in [0.1, 0.15) is 22.4 Å². The van der Waals surface area contributed by atoms with E-state index in [4.69, 9.17) is 4.52 Å². The molecule has 1 N–H and O–H groups in total. The first-order chi connectivity index (χ1) is 12.2. The first-order valence-corrected chi connectivity index (χ1v) is 8.25. The Balaban J connectivity index is 0.00000196. The summed E-state index contributed by atoms with van der Waals surface area (Å²) in [5.41, 5.74) is 1.22. The van der Waals surface area contributed by atoms with Crippen molar-refractivity contribution in [1.82, 2.24) is 24.9 Å². The molecule has 3 aromatic rings. The third-order valence-corrected chi connectivity index (χ3v) is 4.45. The van der Waals surface area contributed by atoms with Gasteiger partial charge in [0.1, 0.15) is 11.9 Å². The van der Waals surface area contributed by atoms with E-state index in [0.717, 1.165) is 17.9 Å². The Labute approximate surface area is 157 Å². The summed E-state index contributed by atoms with van der Waals surface area (Å²) in [6.07, 6.45) is 3.63. The molecule has 0 spiro atoms. The van der Waals surface area contributed by atoms with Crippen molar-refractivity contribution in [3.8, 4) is 11.3 Å². The lowest BCUT2D eigenvalue weighted by molar-refractivity contribution is 0.0610. The molecule has 2 aromatic heterocycles. The molecule has 0 aliphatic carbocycles. The number of carbonyl (C=O) groups excluding carboxylic acids is 1. The Kier molecular flexibility index (Phi) is 5.39. The zero-order valence-electron chi connectivity index (χ0n) is 14.3. The summed E-state index contributed by atoms with van der Waals surface area (Å²) in [5.74, 6) is 1.31. The summed E-state index contributed by atoms with van der Waals surface area (Å²) >= 11 is 0. The normalized spacial score (nSPS) is 17.0. The van der Waals surface area contributed by atoms with Crippen molar-refractivity contribution >= 4 is 18.3 Å². The van der Waals surface area contributed by atoms with E-state index in [0.29, 0.717) is 24.5 Å². The van der Waals surface area contributed by atoms with Gasteiger partial charge < -0.3 is 19.3 Å². The SMILES string of the molecule is Cl.Cn1ccnc1C1CNCCN1C(=O)c1cc(-c2ccccc2)on1. The molecule has 1 aliphatic rings. The second-order valence-electron chi connectivity index (χ2n) is 6.06. The van der Waals surface area contributed by atoms with Crippen LogP contribution in [0.3, 0.4) is 0 Å². The van der Waals surface area contributed by atoms with E-state index >= 15 is 0 Å². The number of carbonyl (C=O) groups is 1. The Morgan fingerprint density at radius 3 is 2.85 bits per heavy atom. The van der Waals surface area contributed by atoms with E-state index in [1.807, 2.05) is 53.0 Å². The van der Waals surface area contributed by atoms with Gasteiger partial charge in [-0.05, 0) is 0 Å². The number of halogens is 1. The Bertz CT molecular complexity index is 877. The first-order valence-electron chi connectivity index (χ1n) is 8.25. The van der Waals surface area contributed by atoms with Gasteiger partial charge in [0.05, 0.1) is 0 Å². The fraction of sp³-hybridized carbons (Fsp3) is 0.278. The number of aromatic nitrogens is 3. The largest absolute Gasteiger partial charge is 0.355 e. The Morgan fingerprint density at radius 2 is 2.12 bits per heavy atom. The third-order valence-electron chi connectivity index (χ3n) is 4.45. The van der Waals surface area contributed by atoms with Crippen molar-refractivity contribution in [2.45, 2.75) is 6.04 Å². The lowest BCUT2D eigenvalue weighted by Crippen LogP contribution is -2.49. The predicted molar refractivity (Wildman–Crippen MR) is 99.0 cm³/mol. The van der Waals surface area contributed by atoms with Crippen molar-refractivity contribution in [2.75, 3.05) is 19.6 Å². The molecule has 1 aromatic carbocycles. The van der Waals surface area contributed by atoms with Crippen LogP contribution in [0.25, 0.3) is 11.3 Å². The van der Waals surface area contributed by atoms with Gasteiger partial charge >= 0.3 is 0 Å². The number of imidazole rings is 1. The third kappa shape index (κ3) is 3.36. The summed E-state index contributed by atoms with van der Waals surface area (Å²) in [7, 11) is 1.93. The highest BCUT2D eigenvalue weighted by molar-refractivity contribution is 5.93. The van der Waals surface area contributed by atoms with Crippen LogP contribution in [0, 0.1) is 0 Å². The van der Waals surface area contributed by atoms with Gasteiger partial charge in [0.15, 0.2) is 11.5 Å². The molecule has 1 aliphatic heterocycles. The fourth-order valence-electron chi connectivity index (χ4n) is 3.14. The monoisotopic (exact) mass is 373 g/mol. The standard InChI is InChI=1S/C18H19N5O2.ClH/c1-22-9-8-20-17(22)15-12-19-7-10-23(15)18(24)14-11-16(25-21-14)13-5-3-2-4-6-13;/h2-6,8-9,11,15,19H,7,10,12H2,1H3;1H. The molecule has 0 saturated carbocycles. The average molecular weight is 374 g/mol. The maximum absolute atomic E-state index is 13.0.